The second-order valence-electron chi connectivity index (χ2n) is 0.816. The third-order valence-corrected chi connectivity index (χ3v) is 0. The molecule has 0 aliphatic carbocycles. The van der Waals surface area contributed by atoms with E-state index < -0.39 is 20.8 Å². The van der Waals surface area contributed by atoms with Gasteiger partial charge in [-0.2, -0.15) is 0 Å². The van der Waals surface area contributed by atoms with Crippen LogP contribution in [0.1, 0.15) is 0 Å². The molecular formula is H3CuNO8S2. The van der Waals surface area contributed by atoms with E-state index >= 15 is 0 Å². The topological polar surface area (TPSA) is 196 Å². The summed E-state index contributed by atoms with van der Waals surface area (Å²) >= 11 is 0. The van der Waals surface area contributed by atoms with Crippen molar-refractivity contribution in [3.63, 3.8) is 0 Å². The molecule has 0 amide bonds. The van der Waals surface area contributed by atoms with Crippen LogP contribution in [0.3, 0.4) is 0 Å². The normalized spacial score (nSPS) is 9.67. The fraction of sp³-hybridized carbons (Fsp3) is 0. The van der Waals surface area contributed by atoms with E-state index in [0.717, 1.165) is 0 Å². The standard InChI is InChI=1S/Cu.H3N.2H2O4S/c;;2*1-5(2,3)4/h;1H3;2*(H2,1,2,3,4)/q+4;;;/p-4. The molecule has 0 fully saturated rings. The van der Waals surface area contributed by atoms with E-state index in [1.807, 2.05) is 0 Å². The Kier molecular flexibility index (Phi) is 14.9. The molecule has 0 rings (SSSR count). The van der Waals surface area contributed by atoms with Crippen LogP contribution in [-0.2, 0) is 37.9 Å². The van der Waals surface area contributed by atoms with Gasteiger partial charge in [0.15, 0.2) is 0 Å². The van der Waals surface area contributed by atoms with Crippen LogP contribution in [0.4, 0.5) is 0 Å². The van der Waals surface area contributed by atoms with Crippen LogP contribution in [0.15, 0.2) is 0 Å². The smallest absolute Gasteiger partial charge is 0.759 e. The van der Waals surface area contributed by atoms with Crippen molar-refractivity contribution in [1.29, 1.82) is 0 Å². The van der Waals surface area contributed by atoms with E-state index in [9.17, 15) is 0 Å². The van der Waals surface area contributed by atoms with Crippen LogP contribution < -0.4 is 6.15 Å². The molecule has 0 saturated heterocycles. The number of hydrogen-bond acceptors (Lipinski definition) is 9. The predicted octanol–water partition coefficient (Wildman–Crippen LogP) is -2.52. The summed E-state index contributed by atoms with van der Waals surface area (Å²) in [5, 5.41) is 0. The van der Waals surface area contributed by atoms with Gasteiger partial charge >= 0.3 is 17.1 Å². The van der Waals surface area contributed by atoms with E-state index in [2.05, 4.69) is 0 Å². The Labute approximate surface area is 79.4 Å². The molecule has 0 aromatic rings. The van der Waals surface area contributed by atoms with Gasteiger partial charge in [0, 0.05) is 20.8 Å². The Hall–Kier alpha value is 0.219. The zero-order valence-electron chi connectivity index (χ0n) is 5.09. The molecule has 0 bridgehead atoms. The van der Waals surface area contributed by atoms with Gasteiger partial charge in [-0.1, -0.05) is 0 Å². The fourth-order valence-electron chi connectivity index (χ4n) is 0. The zero-order chi connectivity index (χ0) is 9.00. The number of rotatable bonds is 0. The summed E-state index contributed by atoms with van der Waals surface area (Å²) in [7, 11) is -10.3. The maximum absolute atomic E-state index is 8.52. The number of hydrogen-bond donors (Lipinski definition) is 1. The van der Waals surface area contributed by atoms with Gasteiger partial charge in [0.2, 0.25) is 0 Å². The molecule has 0 aromatic carbocycles. The maximum Gasteiger partial charge on any atom is 4.00 e. The van der Waals surface area contributed by atoms with E-state index in [0.29, 0.717) is 0 Å². The van der Waals surface area contributed by atoms with Gasteiger partial charge in [-0.15, -0.1) is 0 Å². The third-order valence-electron chi connectivity index (χ3n) is 0. The maximum atomic E-state index is 8.52. The largest absolute Gasteiger partial charge is 4.00 e. The molecule has 0 saturated carbocycles. The summed E-state index contributed by atoms with van der Waals surface area (Å²) in [6.07, 6.45) is 0. The van der Waals surface area contributed by atoms with Gasteiger partial charge in [0.05, 0.1) is 0 Å². The SMILES string of the molecule is N.O=S(=O)([O-])[O-].O=S(=O)([O-])[O-].[Cu+4]. The fourth-order valence-corrected chi connectivity index (χ4v) is 0. The quantitative estimate of drug-likeness (QED) is 0.281. The Morgan fingerprint density at radius 3 is 0.667 bits per heavy atom. The van der Waals surface area contributed by atoms with Crippen LogP contribution in [0.5, 0.6) is 0 Å². The van der Waals surface area contributed by atoms with Crippen LogP contribution in [0.25, 0.3) is 0 Å². The monoisotopic (exact) mass is 272 g/mol. The summed E-state index contributed by atoms with van der Waals surface area (Å²) in [4.78, 5) is 0. The Balaban J connectivity index is -0.0000000457. The summed E-state index contributed by atoms with van der Waals surface area (Å²) in [5.74, 6) is 0. The van der Waals surface area contributed by atoms with Crippen molar-refractivity contribution in [3.05, 3.63) is 0 Å². The van der Waals surface area contributed by atoms with Crippen molar-refractivity contribution in [3.8, 4) is 0 Å². The van der Waals surface area contributed by atoms with Crippen molar-refractivity contribution >= 4 is 20.8 Å². The molecular weight excluding hydrogens is 270 g/mol. The van der Waals surface area contributed by atoms with Gasteiger partial charge < -0.3 is 24.4 Å². The summed E-state index contributed by atoms with van der Waals surface area (Å²) in [6, 6.07) is 0. The molecule has 0 aromatic heterocycles. The van der Waals surface area contributed by atoms with Gasteiger partial charge in [-0.25, -0.2) is 0 Å². The first-order chi connectivity index (χ1) is 4.00. The molecule has 0 atom stereocenters. The van der Waals surface area contributed by atoms with Crippen LogP contribution >= 0.6 is 0 Å². The van der Waals surface area contributed by atoms with Crippen LogP contribution in [-0.4, -0.2) is 35.0 Å². The first-order valence-electron chi connectivity index (χ1n) is 1.33. The van der Waals surface area contributed by atoms with Crippen molar-refractivity contribution in [2.45, 2.75) is 0 Å². The second kappa shape index (κ2) is 7.85. The zero-order valence-corrected chi connectivity index (χ0v) is 7.67. The first kappa shape index (κ1) is 22.8. The van der Waals surface area contributed by atoms with E-state index in [-0.39, 0.29) is 23.2 Å². The van der Waals surface area contributed by atoms with Gasteiger partial charge in [0.25, 0.3) is 0 Å². The van der Waals surface area contributed by atoms with E-state index in [1.54, 1.807) is 0 Å². The van der Waals surface area contributed by atoms with Crippen molar-refractivity contribution in [1.82, 2.24) is 6.15 Å². The molecule has 0 aliphatic heterocycles. The van der Waals surface area contributed by atoms with Gasteiger partial charge in [0.1, 0.15) is 0 Å². The molecule has 12 heteroatoms. The Bertz CT molecular complexity index is 213. The van der Waals surface area contributed by atoms with Crippen LogP contribution in [0, 0.1) is 0 Å². The van der Waals surface area contributed by atoms with Crippen molar-refractivity contribution in [2.75, 3.05) is 0 Å². The van der Waals surface area contributed by atoms with Gasteiger partial charge in [-0.3, -0.25) is 16.8 Å². The molecule has 1 radical (unpaired) electrons. The molecule has 9 nitrogen and oxygen atoms in total. The van der Waals surface area contributed by atoms with Crippen LogP contribution in [0.2, 0.25) is 0 Å². The van der Waals surface area contributed by atoms with E-state index in [1.165, 1.54) is 0 Å². The average molecular weight is 273 g/mol. The van der Waals surface area contributed by atoms with Crippen molar-refractivity contribution < 1.29 is 52.1 Å². The third kappa shape index (κ3) is 18000. The molecule has 79 valence electrons. The molecule has 0 spiro atoms. The second-order valence-corrected chi connectivity index (χ2v) is 2.45. The summed E-state index contributed by atoms with van der Waals surface area (Å²) in [5.41, 5.74) is 0. The Morgan fingerprint density at radius 2 is 0.667 bits per heavy atom. The summed E-state index contributed by atoms with van der Waals surface area (Å²) in [6.45, 7) is 0. The van der Waals surface area contributed by atoms with Gasteiger partial charge in [-0.05, 0) is 0 Å². The van der Waals surface area contributed by atoms with Crippen molar-refractivity contribution in [2.24, 2.45) is 0 Å². The minimum atomic E-state index is -5.17. The Morgan fingerprint density at radius 1 is 0.667 bits per heavy atom. The van der Waals surface area contributed by atoms with E-state index in [4.69, 9.17) is 35.0 Å². The minimum absolute atomic E-state index is 0. The molecule has 0 aliphatic rings. The molecule has 12 heavy (non-hydrogen) atoms. The minimum Gasteiger partial charge on any atom is -0.759 e. The first-order valence-corrected chi connectivity index (χ1v) is 4.00. The average Bonchev–Trinajstić information content (AvgIpc) is 1.12. The molecule has 3 N–H and O–H groups in total. The summed E-state index contributed by atoms with van der Waals surface area (Å²) < 4.78 is 68.2. The molecule has 0 unspecified atom stereocenters. The molecule has 0 heterocycles. The predicted molar refractivity (Wildman–Crippen MR) is 26.0 cm³/mol.